The number of carbonyl (C=O) groups is 1. The molecule has 2 unspecified atom stereocenters. The Kier molecular flexibility index (Phi) is 5.86. The molecule has 3 atom stereocenters. The van der Waals surface area contributed by atoms with Gasteiger partial charge in [-0.2, -0.15) is 0 Å². The maximum atomic E-state index is 11.3. The van der Waals surface area contributed by atoms with Gasteiger partial charge in [-0.25, -0.2) is 4.79 Å². The first kappa shape index (κ1) is 14.1. The van der Waals surface area contributed by atoms with E-state index in [4.69, 9.17) is 9.47 Å². The third-order valence-corrected chi connectivity index (χ3v) is 3.69. The molecule has 16 heavy (non-hydrogen) atoms. The minimum Gasteiger partial charge on any atom is -0.431 e. The van der Waals surface area contributed by atoms with E-state index in [2.05, 4.69) is 20.8 Å². The number of hydrogen-bond acceptors (Lipinski definition) is 3. The molecule has 0 aliphatic heterocycles. The summed E-state index contributed by atoms with van der Waals surface area (Å²) in [4.78, 5) is 11.3. The molecule has 3 nitrogen and oxygen atoms in total. The Morgan fingerprint density at radius 1 is 1.44 bits per heavy atom. The van der Waals surface area contributed by atoms with Gasteiger partial charge in [-0.1, -0.05) is 27.2 Å². The Bertz CT molecular complexity index is 230. The van der Waals surface area contributed by atoms with Crippen LogP contribution in [0.4, 0.5) is 4.79 Å². The number of ether oxygens (including phenoxy) is 2. The number of rotatable bonds is 3. The zero-order chi connectivity index (χ0) is 12.1. The van der Waals surface area contributed by atoms with Gasteiger partial charge in [0.2, 0.25) is 0 Å². The van der Waals surface area contributed by atoms with E-state index in [-0.39, 0.29) is 6.10 Å². The Balaban J connectivity index is 2.54. The van der Waals surface area contributed by atoms with Gasteiger partial charge in [-0.15, -0.1) is 0 Å². The predicted octanol–water partition coefficient (Wildman–Crippen LogP) is 3.99. The van der Waals surface area contributed by atoms with Gasteiger partial charge in [0.25, 0.3) is 0 Å². The van der Waals surface area contributed by atoms with E-state index in [1.807, 2.05) is 22.6 Å². The highest BCUT2D eigenvalue weighted by Crippen LogP contribution is 2.35. The molecule has 1 rings (SSSR count). The second-order valence-corrected chi connectivity index (χ2v) is 5.61. The van der Waals surface area contributed by atoms with Crippen molar-refractivity contribution in [3.8, 4) is 0 Å². The van der Waals surface area contributed by atoms with Crippen molar-refractivity contribution in [2.75, 3.05) is 4.61 Å². The van der Waals surface area contributed by atoms with Crippen molar-refractivity contribution in [3.05, 3.63) is 0 Å². The fraction of sp³-hybridized carbons (Fsp3) is 0.917. The quantitative estimate of drug-likeness (QED) is 0.443. The van der Waals surface area contributed by atoms with Crippen LogP contribution in [0.2, 0.25) is 0 Å². The molecule has 1 fully saturated rings. The van der Waals surface area contributed by atoms with E-state index in [1.54, 1.807) is 0 Å². The SMILES string of the molecule is CC(C)C1CC[C@@H](C)CC1OC(=O)OCI. The normalized spacial score (nSPS) is 30.2. The zero-order valence-corrected chi connectivity index (χ0v) is 12.4. The lowest BCUT2D eigenvalue weighted by atomic mass is 9.75. The van der Waals surface area contributed by atoms with Crippen molar-refractivity contribution in [2.45, 2.75) is 46.1 Å². The highest BCUT2D eigenvalue weighted by atomic mass is 127. The molecule has 0 radical (unpaired) electrons. The minimum absolute atomic E-state index is 0.0409. The standard InChI is InChI=1S/C12H21IO3/c1-8(2)10-5-4-9(3)6-11(10)16-12(14)15-7-13/h8-11H,4-7H2,1-3H3/t9-,10?,11?/m1/s1. The van der Waals surface area contributed by atoms with E-state index in [1.165, 1.54) is 6.42 Å². The molecule has 94 valence electrons. The molecule has 0 aromatic heterocycles. The maximum Gasteiger partial charge on any atom is 0.509 e. The summed E-state index contributed by atoms with van der Waals surface area (Å²) in [7, 11) is 0. The van der Waals surface area contributed by atoms with Crippen molar-refractivity contribution >= 4 is 28.7 Å². The van der Waals surface area contributed by atoms with Crippen LogP contribution in [0, 0.1) is 17.8 Å². The van der Waals surface area contributed by atoms with Gasteiger partial charge in [0.1, 0.15) is 10.7 Å². The van der Waals surface area contributed by atoms with Crippen LogP contribution in [-0.4, -0.2) is 16.9 Å². The Labute approximate surface area is 111 Å². The summed E-state index contributed by atoms with van der Waals surface area (Å²) in [5.41, 5.74) is 0. The highest BCUT2D eigenvalue weighted by molar-refractivity contribution is 14.1. The van der Waals surface area contributed by atoms with Crippen LogP contribution in [0.25, 0.3) is 0 Å². The van der Waals surface area contributed by atoms with Crippen molar-refractivity contribution in [1.82, 2.24) is 0 Å². The third kappa shape index (κ3) is 4.11. The number of hydrogen-bond donors (Lipinski definition) is 0. The second-order valence-electron chi connectivity index (χ2n) is 4.99. The summed E-state index contributed by atoms with van der Waals surface area (Å²) in [6.07, 6.45) is 2.89. The number of halogens is 1. The Hall–Kier alpha value is 0. The minimum atomic E-state index is -0.515. The smallest absolute Gasteiger partial charge is 0.431 e. The fourth-order valence-corrected chi connectivity index (χ4v) is 2.71. The van der Waals surface area contributed by atoms with Gasteiger partial charge in [-0.3, -0.25) is 0 Å². The number of carbonyl (C=O) groups excluding carboxylic acids is 1. The molecule has 0 aromatic carbocycles. The molecule has 1 saturated carbocycles. The average Bonchev–Trinajstić information content (AvgIpc) is 2.17. The molecule has 0 aromatic rings. The highest BCUT2D eigenvalue weighted by Gasteiger charge is 2.33. The molecule has 0 spiro atoms. The van der Waals surface area contributed by atoms with E-state index in [0.29, 0.717) is 22.4 Å². The largest absolute Gasteiger partial charge is 0.509 e. The van der Waals surface area contributed by atoms with Crippen LogP contribution in [0.5, 0.6) is 0 Å². The first-order valence-corrected chi connectivity index (χ1v) is 7.46. The van der Waals surface area contributed by atoms with Crippen LogP contribution in [0.3, 0.4) is 0 Å². The number of alkyl halides is 1. The lowest BCUT2D eigenvalue weighted by molar-refractivity contribution is -0.0256. The molecule has 0 bridgehead atoms. The molecule has 1 aliphatic carbocycles. The molecule has 0 saturated heterocycles. The van der Waals surface area contributed by atoms with Crippen LogP contribution in [0.1, 0.15) is 40.0 Å². The van der Waals surface area contributed by atoms with Gasteiger partial charge >= 0.3 is 6.16 Å². The van der Waals surface area contributed by atoms with Gasteiger partial charge in [-0.05, 0) is 53.2 Å². The summed E-state index contributed by atoms with van der Waals surface area (Å²) >= 11 is 2.00. The molecule has 0 amide bonds. The lowest BCUT2D eigenvalue weighted by Crippen LogP contribution is -2.35. The van der Waals surface area contributed by atoms with E-state index in [0.717, 1.165) is 12.8 Å². The summed E-state index contributed by atoms with van der Waals surface area (Å²) in [5.74, 6) is 1.69. The van der Waals surface area contributed by atoms with Crippen molar-refractivity contribution in [1.29, 1.82) is 0 Å². The maximum absolute atomic E-state index is 11.3. The summed E-state index contributed by atoms with van der Waals surface area (Å²) in [6.45, 7) is 6.61. The lowest BCUT2D eigenvalue weighted by Gasteiger charge is -2.36. The van der Waals surface area contributed by atoms with Crippen LogP contribution >= 0.6 is 22.6 Å². The average molecular weight is 340 g/mol. The van der Waals surface area contributed by atoms with Gasteiger partial charge in [0.05, 0.1) is 0 Å². The Morgan fingerprint density at radius 2 is 2.12 bits per heavy atom. The van der Waals surface area contributed by atoms with Crippen LogP contribution in [0.15, 0.2) is 0 Å². The zero-order valence-electron chi connectivity index (χ0n) is 10.2. The van der Waals surface area contributed by atoms with Crippen molar-refractivity contribution in [3.63, 3.8) is 0 Å². The first-order chi connectivity index (χ1) is 7.54. The molecule has 1 aliphatic rings. The summed E-state index contributed by atoms with van der Waals surface area (Å²) in [5, 5.41) is 0. The van der Waals surface area contributed by atoms with Gasteiger partial charge in [0.15, 0.2) is 0 Å². The monoisotopic (exact) mass is 340 g/mol. The summed E-state index contributed by atoms with van der Waals surface area (Å²) < 4.78 is 10.6. The van der Waals surface area contributed by atoms with Crippen molar-refractivity contribution < 1.29 is 14.3 Å². The molecule has 4 heteroatoms. The Morgan fingerprint density at radius 3 is 2.69 bits per heavy atom. The molecular formula is C12H21IO3. The van der Waals surface area contributed by atoms with Crippen LogP contribution in [-0.2, 0) is 9.47 Å². The molecule has 0 heterocycles. The van der Waals surface area contributed by atoms with Gasteiger partial charge in [0, 0.05) is 0 Å². The fourth-order valence-electron chi connectivity index (χ4n) is 2.45. The van der Waals surface area contributed by atoms with E-state index in [9.17, 15) is 4.79 Å². The second kappa shape index (κ2) is 6.67. The van der Waals surface area contributed by atoms with Crippen molar-refractivity contribution in [2.24, 2.45) is 17.8 Å². The predicted molar refractivity (Wildman–Crippen MR) is 71.6 cm³/mol. The third-order valence-electron chi connectivity index (χ3n) is 3.38. The van der Waals surface area contributed by atoms with Crippen LogP contribution < -0.4 is 0 Å². The molecule has 0 N–H and O–H groups in total. The first-order valence-electron chi connectivity index (χ1n) is 5.94. The summed E-state index contributed by atoms with van der Waals surface area (Å²) in [6, 6.07) is 0. The molecular weight excluding hydrogens is 319 g/mol. The van der Waals surface area contributed by atoms with E-state index < -0.39 is 6.16 Å². The topological polar surface area (TPSA) is 35.5 Å². The van der Waals surface area contributed by atoms with Gasteiger partial charge < -0.3 is 9.47 Å². The van der Waals surface area contributed by atoms with E-state index >= 15 is 0 Å².